The van der Waals surface area contributed by atoms with Crippen LogP contribution in [0.2, 0.25) is 0 Å². The van der Waals surface area contributed by atoms with Crippen molar-refractivity contribution in [3.8, 4) is 0 Å². The summed E-state index contributed by atoms with van der Waals surface area (Å²) in [4.78, 5) is 0. The molecule has 1 N–H and O–H groups in total. The lowest BCUT2D eigenvalue weighted by Crippen LogP contribution is -2.13. The molecule has 0 spiro atoms. The van der Waals surface area contributed by atoms with E-state index in [2.05, 4.69) is 17.4 Å². The third-order valence-corrected chi connectivity index (χ3v) is 1.68. The molecule has 12 heavy (non-hydrogen) atoms. The van der Waals surface area contributed by atoms with Gasteiger partial charge < -0.3 is 9.84 Å². The van der Waals surface area contributed by atoms with Crippen molar-refractivity contribution in [1.82, 2.24) is 10.5 Å². The smallest absolute Gasteiger partial charge is 0.150 e. The van der Waals surface area contributed by atoms with Crippen LogP contribution >= 0.6 is 0 Å². The molecule has 3 nitrogen and oxygen atoms in total. The predicted octanol–water partition coefficient (Wildman–Crippen LogP) is 1.87. The molecule has 0 saturated heterocycles. The average Bonchev–Trinajstić information content (AvgIpc) is 2.45. The van der Waals surface area contributed by atoms with E-state index >= 15 is 0 Å². The molecule has 1 aromatic heterocycles. The molecule has 1 aromatic rings. The lowest BCUT2D eigenvalue weighted by molar-refractivity contribution is 0.369. The van der Waals surface area contributed by atoms with Gasteiger partial charge in [0.25, 0.3) is 0 Å². The zero-order valence-electron chi connectivity index (χ0n) is 7.76. The van der Waals surface area contributed by atoms with Gasteiger partial charge in [-0.25, -0.2) is 0 Å². The molecule has 0 aromatic carbocycles. The highest BCUT2D eigenvalue weighted by Crippen LogP contribution is 2.00. The minimum Gasteiger partial charge on any atom is -0.360 e. The number of hydrogen-bond donors (Lipinski definition) is 1. The number of aromatic nitrogens is 1. The Labute approximate surface area is 73.1 Å². The lowest BCUT2D eigenvalue weighted by Gasteiger charge is -1.98. The molecule has 1 rings (SSSR count). The second-order valence-electron chi connectivity index (χ2n) is 2.96. The van der Waals surface area contributed by atoms with Crippen LogP contribution in [0.3, 0.4) is 0 Å². The standard InChI is InChI=1S/C9H16N2O/c1-3-4-5-10-7-9-6-8(2)11-12-9/h6,10H,3-5,7H2,1-2H3. The number of nitrogens with zero attached hydrogens (tertiary/aromatic N) is 1. The maximum atomic E-state index is 5.03. The summed E-state index contributed by atoms with van der Waals surface area (Å²) in [7, 11) is 0. The van der Waals surface area contributed by atoms with E-state index < -0.39 is 0 Å². The Hall–Kier alpha value is -0.830. The Kier molecular flexibility index (Phi) is 3.80. The van der Waals surface area contributed by atoms with E-state index in [1.54, 1.807) is 0 Å². The van der Waals surface area contributed by atoms with Crippen LogP contribution < -0.4 is 5.32 Å². The average molecular weight is 168 g/mol. The summed E-state index contributed by atoms with van der Waals surface area (Å²) >= 11 is 0. The van der Waals surface area contributed by atoms with Crippen molar-refractivity contribution < 1.29 is 4.52 Å². The van der Waals surface area contributed by atoms with Crippen LogP contribution in [0, 0.1) is 6.92 Å². The molecule has 0 atom stereocenters. The summed E-state index contributed by atoms with van der Waals surface area (Å²) in [5.74, 6) is 0.920. The molecule has 1 heterocycles. The highest BCUT2D eigenvalue weighted by molar-refractivity contribution is 5.02. The summed E-state index contributed by atoms with van der Waals surface area (Å²) < 4.78 is 5.03. The Morgan fingerprint density at radius 2 is 2.42 bits per heavy atom. The fourth-order valence-electron chi connectivity index (χ4n) is 1.01. The van der Waals surface area contributed by atoms with Gasteiger partial charge >= 0.3 is 0 Å². The number of hydrogen-bond acceptors (Lipinski definition) is 3. The Morgan fingerprint density at radius 3 is 3.00 bits per heavy atom. The van der Waals surface area contributed by atoms with E-state index in [4.69, 9.17) is 4.52 Å². The van der Waals surface area contributed by atoms with Gasteiger partial charge in [-0.3, -0.25) is 0 Å². The third kappa shape index (κ3) is 3.05. The first-order chi connectivity index (χ1) is 5.83. The fraction of sp³-hybridized carbons (Fsp3) is 0.667. The van der Waals surface area contributed by atoms with Crippen molar-refractivity contribution in [2.24, 2.45) is 0 Å². The third-order valence-electron chi connectivity index (χ3n) is 1.68. The largest absolute Gasteiger partial charge is 0.360 e. The van der Waals surface area contributed by atoms with Gasteiger partial charge in [-0.05, 0) is 19.9 Å². The van der Waals surface area contributed by atoms with Crippen molar-refractivity contribution in [1.29, 1.82) is 0 Å². The SMILES string of the molecule is CCCCNCc1cc(C)no1. The molecular weight excluding hydrogens is 152 g/mol. The highest BCUT2D eigenvalue weighted by atomic mass is 16.5. The van der Waals surface area contributed by atoms with Crippen LogP contribution in [0.25, 0.3) is 0 Å². The van der Waals surface area contributed by atoms with Crippen LogP contribution in [0.4, 0.5) is 0 Å². The molecule has 0 aliphatic heterocycles. The zero-order chi connectivity index (χ0) is 8.81. The van der Waals surface area contributed by atoms with Crippen LogP contribution in [0.1, 0.15) is 31.2 Å². The van der Waals surface area contributed by atoms with E-state index in [1.807, 2.05) is 13.0 Å². The molecule has 0 fully saturated rings. The second-order valence-corrected chi connectivity index (χ2v) is 2.96. The molecule has 0 aliphatic carbocycles. The van der Waals surface area contributed by atoms with Crippen LogP contribution in [0.15, 0.2) is 10.6 Å². The van der Waals surface area contributed by atoms with Crippen LogP contribution in [-0.4, -0.2) is 11.7 Å². The van der Waals surface area contributed by atoms with Crippen molar-refractivity contribution in [2.45, 2.75) is 33.2 Å². The topological polar surface area (TPSA) is 38.1 Å². The summed E-state index contributed by atoms with van der Waals surface area (Å²) in [5.41, 5.74) is 0.947. The van der Waals surface area contributed by atoms with Gasteiger partial charge in [0.05, 0.1) is 12.2 Å². The van der Waals surface area contributed by atoms with Gasteiger partial charge in [0, 0.05) is 6.07 Å². The maximum Gasteiger partial charge on any atom is 0.150 e. The number of aryl methyl sites for hydroxylation is 1. The zero-order valence-corrected chi connectivity index (χ0v) is 7.76. The number of unbranched alkanes of at least 4 members (excludes halogenated alkanes) is 1. The lowest BCUT2D eigenvalue weighted by atomic mass is 10.3. The summed E-state index contributed by atoms with van der Waals surface area (Å²) in [5, 5.41) is 7.08. The quantitative estimate of drug-likeness (QED) is 0.682. The van der Waals surface area contributed by atoms with Gasteiger partial charge in [-0.2, -0.15) is 0 Å². The Bertz CT molecular complexity index is 220. The van der Waals surface area contributed by atoms with E-state index in [-0.39, 0.29) is 0 Å². The molecule has 0 amide bonds. The van der Waals surface area contributed by atoms with Crippen LogP contribution in [0.5, 0.6) is 0 Å². The van der Waals surface area contributed by atoms with Gasteiger partial charge in [-0.1, -0.05) is 18.5 Å². The first-order valence-corrected chi connectivity index (χ1v) is 4.46. The summed E-state index contributed by atoms with van der Waals surface area (Å²) in [6.07, 6.45) is 2.44. The van der Waals surface area contributed by atoms with Crippen molar-refractivity contribution in [2.75, 3.05) is 6.54 Å². The first-order valence-electron chi connectivity index (χ1n) is 4.46. The van der Waals surface area contributed by atoms with E-state index in [0.717, 1.165) is 24.5 Å². The van der Waals surface area contributed by atoms with Gasteiger partial charge in [-0.15, -0.1) is 0 Å². The van der Waals surface area contributed by atoms with E-state index in [9.17, 15) is 0 Å². The van der Waals surface area contributed by atoms with Gasteiger partial charge in [0.2, 0.25) is 0 Å². The molecule has 0 unspecified atom stereocenters. The molecule has 0 aliphatic rings. The maximum absolute atomic E-state index is 5.03. The monoisotopic (exact) mass is 168 g/mol. The fourth-order valence-corrected chi connectivity index (χ4v) is 1.01. The Balaban J connectivity index is 2.15. The van der Waals surface area contributed by atoms with Crippen molar-refractivity contribution in [3.63, 3.8) is 0 Å². The molecule has 0 radical (unpaired) electrons. The van der Waals surface area contributed by atoms with Crippen molar-refractivity contribution in [3.05, 3.63) is 17.5 Å². The molecule has 68 valence electrons. The summed E-state index contributed by atoms with van der Waals surface area (Å²) in [6, 6.07) is 1.96. The molecule has 0 saturated carbocycles. The normalized spacial score (nSPS) is 10.5. The van der Waals surface area contributed by atoms with E-state index in [1.165, 1.54) is 12.8 Å². The first kappa shape index (κ1) is 9.26. The highest BCUT2D eigenvalue weighted by Gasteiger charge is 1.98. The number of nitrogens with one attached hydrogen (secondary N) is 1. The minimum atomic E-state index is 0.792. The number of rotatable bonds is 5. The Morgan fingerprint density at radius 1 is 1.58 bits per heavy atom. The van der Waals surface area contributed by atoms with Gasteiger partial charge in [0.1, 0.15) is 0 Å². The van der Waals surface area contributed by atoms with E-state index in [0.29, 0.717) is 0 Å². The van der Waals surface area contributed by atoms with Gasteiger partial charge in [0.15, 0.2) is 5.76 Å². The molecular formula is C9H16N2O. The molecule has 0 bridgehead atoms. The second kappa shape index (κ2) is 4.93. The van der Waals surface area contributed by atoms with Crippen LogP contribution in [-0.2, 0) is 6.54 Å². The van der Waals surface area contributed by atoms with Crippen molar-refractivity contribution >= 4 is 0 Å². The summed E-state index contributed by atoms with van der Waals surface area (Å²) in [6.45, 7) is 5.95. The molecule has 3 heteroatoms. The minimum absolute atomic E-state index is 0.792. The predicted molar refractivity (Wildman–Crippen MR) is 47.9 cm³/mol.